The van der Waals surface area contributed by atoms with Crippen molar-refractivity contribution in [3.8, 4) is 0 Å². The number of primary amides is 2. The molecule has 0 saturated carbocycles. The molecular weight excluding hydrogens is 220 g/mol. The highest BCUT2D eigenvalue weighted by Crippen LogP contribution is 2.09. The van der Waals surface area contributed by atoms with Gasteiger partial charge in [-0.3, -0.25) is 0 Å². The number of urea groups is 1. The van der Waals surface area contributed by atoms with Gasteiger partial charge in [0.2, 0.25) is 0 Å². The fourth-order valence-corrected chi connectivity index (χ4v) is 1.12. The summed E-state index contributed by atoms with van der Waals surface area (Å²) in [6, 6.07) is 7.37. The van der Waals surface area contributed by atoms with Crippen molar-refractivity contribution >= 4 is 22.0 Å². The molecule has 1 rings (SSSR count). The Kier molecular flexibility index (Phi) is 5.12. The zero-order valence-corrected chi connectivity index (χ0v) is 8.34. The normalized spacial score (nSPS) is 8.17. The van der Waals surface area contributed by atoms with Crippen LogP contribution in [0.5, 0.6) is 0 Å². The molecule has 1 aromatic rings. The van der Waals surface area contributed by atoms with Gasteiger partial charge in [-0.2, -0.15) is 0 Å². The molecular formula is C8H11BrN2O. The van der Waals surface area contributed by atoms with Gasteiger partial charge in [0.1, 0.15) is 0 Å². The van der Waals surface area contributed by atoms with Crippen LogP contribution in [0.3, 0.4) is 0 Å². The Morgan fingerprint density at radius 2 is 1.92 bits per heavy atom. The molecule has 4 heteroatoms. The Morgan fingerprint density at radius 3 is 2.17 bits per heavy atom. The number of hydrogen-bond acceptors (Lipinski definition) is 1. The summed E-state index contributed by atoms with van der Waals surface area (Å²) in [6.45, 7) is 2.07. The van der Waals surface area contributed by atoms with Crippen LogP contribution in [0.2, 0.25) is 0 Å². The molecule has 0 spiro atoms. The van der Waals surface area contributed by atoms with Crippen molar-refractivity contribution in [2.24, 2.45) is 11.5 Å². The lowest BCUT2D eigenvalue weighted by Gasteiger charge is -1.89. The molecule has 0 aliphatic rings. The average Bonchev–Trinajstić information content (AvgIpc) is 1.84. The van der Waals surface area contributed by atoms with Gasteiger partial charge in [-0.05, 0) is 19.1 Å². The zero-order chi connectivity index (χ0) is 9.56. The molecule has 1 aromatic carbocycles. The third kappa shape index (κ3) is 7.08. The number of benzene rings is 1. The van der Waals surface area contributed by atoms with Crippen LogP contribution in [0.4, 0.5) is 4.79 Å². The summed E-state index contributed by atoms with van der Waals surface area (Å²) in [7, 11) is 0. The van der Waals surface area contributed by atoms with Crippen LogP contribution in [-0.2, 0) is 0 Å². The summed E-state index contributed by atoms with van der Waals surface area (Å²) in [4.78, 5) is 9.00. The van der Waals surface area contributed by atoms with Gasteiger partial charge in [0.05, 0.1) is 0 Å². The average molecular weight is 231 g/mol. The summed E-state index contributed by atoms with van der Waals surface area (Å²) in [6.07, 6.45) is 0. The minimum Gasteiger partial charge on any atom is -0.352 e. The van der Waals surface area contributed by atoms with Crippen molar-refractivity contribution in [2.75, 3.05) is 0 Å². The summed E-state index contributed by atoms with van der Waals surface area (Å²) in [5.74, 6) is 0. The van der Waals surface area contributed by atoms with E-state index in [0.29, 0.717) is 0 Å². The minimum absolute atomic E-state index is 0.833. The molecule has 0 saturated heterocycles. The van der Waals surface area contributed by atoms with Crippen molar-refractivity contribution in [2.45, 2.75) is 6.92 Å². The lowest BCUT2D eigenvalue weighted by Crippen LogP contribution is -2.18. The van der Waals surface area contributed by atoms with E-state index in [-0.39, 0.29) is 0 Å². The Balaban J connectivity index is 0.000000261. The molecule has 0 heterocycles. The molecule has 66 valence electrons. The van der Waals surface area contributed by atoms with E-state index < -0.39 is 6.03 Å². The molecule has 0 aromatic heterocycles. The van der Waals surface area contributed by atoms with Crippen LogP contribution >= 0.6 is 15.9 Å². The number of carbonyl (C=O) groups excluding carboxylic acids is 1. The van der Waals surface area contributed by atoms with Gasteiger partial charge >= 0.3 is 6.03 Å². The van der Waals surface area contributed by atoms with Gasteiger partial charge < -0.3 is 11.5 Å². The van der Waals surface area contributed by atoms with Crippen LogP contribution in [0.1, 0.15) is 5.56 Å². The highest BCUT2D eigenvalue weighted by molar-refractivity contribution is 9.10. The second-order valence-corrected chi connectivity index (χ2v) is 3.12. The lowest BCUT2D eigenvalue weighted by atomic mass is 10.2. The zero-order valence-electron chi connectivity index (χ0n) is 6.75. The minimum atomic E-state index is -0.833. The van der Waals surface area contributed by atoms with Crippen LogP contribution < -0.4 is 11.5 Å². The smallest absolute Gasteiger partial charge is 0.309 e. The summed E-state index contributed by atoms with van der Waals surface area (Å²) in [5, 5.41) is 0. The van der Waals surface area contributed by atoms with Crippen molar-refractivity contribution in [1.82, 2.24) is 0 Å². The Bertz CT molecular complexity index is 242. The second kappa shape index (κ2) is 5.60. The van der Waals surface area contributed by atoms with Gasteiger partial charge in [-0.1, -0.05) is 33.6 Å². The second-order valence-electron chi connectivity index (χ2n) is 2.20. The Hall–Kier alpha value is -1.03. The molecule has 0 unspecified atom stereocenters. The van der Waals surface area contributed by atoms with E-state index in [4.69, 9.17) is 4.79 Å². The fraction of sp³-hybridized carbons (Fsp3) is 0.125. The molecule has 0 radical (unpaired) electrons. The first-order valence-corrected chi connectivity index (χ1v) is 4.08. The van der Waals surface area contributed by atoms with Gasteiger partial charge in [-0.15, -0.1) is 0 Å². The lowest BCUT2D eigenvalue weighted by molar-refractivity contribution is 0.256. The maximum atomic E-state index is 9.00. The number of rotatable bonds is 0. The van der Waals surface area contributed by atoms with Crippen LogP contribution in [0.15, 0.2) is 28.7 Å². The summed E-state index contributed by atoms with van der Waals surface area (Å²) in [5.41, 5.74) is 9.79. The van der Waals surface area contributed by atoms with Crippen molar-refractivity contribution < 1.29 is 4.79 Å². The molecule has 4 N–H and O–H groups in total. The number of hydrogen-bond donors (Lipinski definition) is 2. The third-order valence-corrected chi connectivity index (χ3v) is 1.47. The van der Waals surface area contributed by atoms with Gasteiger partial charge in [-0.25, -0.2) is 4.79 Å². The fourth-order valence-electron chi connectivity index (χ4n) is 0.606. The molecule has 0 aliphatic heterocycles. The van der Waals surface area contributed by atoms with E-state index >= 15 is 0 Å². The van der Waals surface area contributed by atoms with E-state index in [9.17, 15) is 0 Å². The quantitative estimate of drug-likeness (QED) is 0.701. The first-order valence-electron chi connectivity index (χ1n) is 3.29. The van der Waals surface area contributed by atoms with E-state index in [2.05, 4.69) is 46.5 Å². The van der Waals surface area contributed by atoms with Crippen LogP contribution in [0.25, 0.3) is 0 Å². The maximum Gasteiger partial charge on any atom is 0.309 e. The molecule has 3 nitrogen and oxygen atoms in total. The van der Waals surface area contributed by atoms with Gasteiger partial charge in [0, 0.05) is 4.47 Å². The van der Waals surface area contributed by atoms with Crippen LogP contribution in [-0.4, -0.2) is 6.03 Å². The summed E-state index contributed by atoms with van der Waals surface area (Å²) < 4.78 is 1.15. The molecule has 0 fully saturated rings. The number of nitrogens with two attached hydrogens (primary N) is 2. The predicted molar refractivity (Wildman–Crippen MR) is 52.6 cm³/mol. The van der Waals surface area contributed by atoms with Gasteiger partial charge in [0.25, 0.3) is 0 Å². The molecule has 2 amide bonds. The maximum absolute atomic E-state index is 9.00. The van der Waals surface area contributed by atoms with E-state index in [1.54, 1.807) is 0 Å². The van der Waals surface area contributed by atoms with Gasteiger partial charge in [0.15, 0.2) is 0 Å². The first kappa shape index (κ1) is 11.0. The first-order chi connectivity index (χ1) is 5.52. The van der Waals surface area contributed by atoms with E-state index in [1.807, 2.05) is 12.1 Å². The Labute approximate surface area is 79.9 Å². The van der Waals surface area contributed by atoms with Crippen LogP contribution in [0, 0.1) is 6.92 Å². The predicted octanol–water partition coefficient (Wildman–Crippen LogP) is 1.78. The standard InChI is InChI=1S/C7H7Br.CH4N2O/c1-6-3-2-4-7(8)5-6;2-1(3)4/h2-5H,1H3;(H4,2,3,4). The van der Waals surface area contributed by atoms with E-state index in [0.717, 1.165) is 4.47 Å². The summed E-state index contributed by atoms with van der Waals surface area (Å²) >= 11 is 3.36. The highest BCUT2D eigenvalue weighted by Gasteiger charge is 1.82. The largest absolute Gasteiger partial charge is 0.352 e. The molecule has 0 aliphatic carbocycles. The number of halogens is 1. The molecule has 0 bridgehead atoms. The monoisotopic (exact) mass is 230 g/mol. The van der Waals surface area contributed by atoms with Crippen molar-refractivity contribution in [3.05, 3.63) is 34.3 Å². The topological polar surface area (TPSA) is 69.1 Å². The molecule has 0 atom stereocenters. The number of amides is 2. The van der Waals surface area contributed by atoms with E-state index in [1.165, 1.54) is 5.56 Å². The van der Waals surface area contributed by atoms with Crippen molar-refractivity contribution in [3.63, 3.8) is 0 Å². The third-order valence-electron chi connectivity index (χ3n) is 0.980. The molecule has 12 heavy (non-hydrogen) atoms. The highest BCUT2D eigenvalue weighted by atomic mass is 79.9. The van der Waals surface area contributed by atoms with Crippen molar-refractivity contribution in [1.29, 1.82) is 0 Å². The number of aryl methyl sites for hydroxylation is 1. The SMILES string of the molecule is Cc1cccc(Br)c1.NC(N)=O. The Morgan fingerprint density at radius 1 is 1.42 bits per heavy atom. The number of carbonyl (C=O) groups is 1.